The Bertz CT molecular complexity index is 672. The molecule has 152 valence electrons. The molecule has 3 rings (SSSR count). The quantitative estimate of drug-likeness (QED) is 0.660. The zero-order valence-corrected chi connectivity index (χ0v) is 16.7. The van der Waals surface area contributed by atoms with Gasteiger partial charge >= 0.3 is 0 Å². The zero-order valence-electron chi connectivity index (χ0n) is 16.7. The Morgan fingerprint density at radius 3 is 2.50 bits per heavy atom. The molecule has 1 unspecified atom stereocenters. The Hall–Kier alpha value is -1.92. The third-order valence-corrected chi connectivity index (χ3v) is 5.00. The predicted octanol–water partition coefficient (Wildman–Crippen LogP) is 2.83. The lowest BCUT2D eigenvalue weighted by molar-refractivity contribution is 0.0743. The van der Waals surface area contributed by atoms with Gasteiger partial charge in [0, 0.05) is 38.9 Å². The maximum Gasteiger partial charge on any atom is 0.119 e. The number of aliphatic hydroxyl groups is 1. The van der Waals surface area contributed by atoms with E-state index in [0.29, 0.717) is 19.2 Å². The molecule has 5 nitrogen and oxygen atoms in total. The van der Waals surface area contributed by atoms with Crippen molar-refractivity contribution in [1.82, 2.24) is 10.2 Å². The van der Waals surface area contributed by atoms with Gasteiger partial charge in [-0.15, -0.1) is 0 Å². The summed E-state index contributed by atoms with van der Waals surface area (Å²) < 4.78 is 11.1. The lowest BCUT2D eigenvalue weighted by Crippen LogP contribution is -2.34. The van der Waals surface area contributed by atoms with E-state index in [1.54, 1.807) is 0 Å². The molecule has 0 amide bonds. The van der Waals surface area contributed by atoms with Gasteiger partial charge < -0.3 is 19.9 Å². The largest absolute Gasteiger partial charge is 0.491 e. The lowest BCUT2D eigenvalue weighted by Gasteiger charge is -2.23. The van der Waals surface area contributed by atoms with E-state index in [9.17, 15) is 5.11 Å². The minimum absolute atomic E-state index is 0.290. The summed E-state index contributed by atoms with van der Waals surface area (Å²) >= 11 is 0. The first kappa shape index (κ1) is 20.8. The molecule has 1 aliphatic heterocycles. The van der Waals surface area contributed by atoms with E-state index in [0.717, 1.165) is 44.9 Å². The first-order valence-electron chi connectivity index (χ1n) is 10.1. The number of ether oxygens (including phenoxy) is 2. The van der Waals surface area contributed by atoms with Crippen LogP contribution < -0.4 is 10.1 Å². The van der Waals surface area contributed by atoms with Crippen molar-refractivity contribution in [2.45, 2.75) is 38.1 Å². The second-order valence-corrected chi connectivity index (χ2v) is 7.56. The molecule has 0 aliphatic carbocycles. The van der Waals surface area contributed by atoms with Crippen molar-refractivity contribution < 1.29 is 14.6 Å². The van der Waals surface area contributed by atoms with Crippen LogP contribution in [0.3, 0.4) is 0 Å². The number of nitrogens with zero attached hydrogens (tertiary/aromatic N) is 1. The number of hydrogen-bond acceptors (Lipinski definition) is 5. The van der Waals surface area contributed by atoms with Gasteiger partial charge in [0.05, 0.1) is 0 Å². The highest BCUT2D eigenvalue weighted by Gasteiger charge is 2.13. The maximum atomic E-state index is 10.3. The molecular weight excluding hydrogens is 352 g/mol. The number of benzene rings is 2. The number of likely N-dealkylation sites (N-methyl/N-ethyl adjacent to an activating group) is 1. The predicted molar refractivity (Wildman–Crippen MR) is 111 cm³/mol. The Labute approximate surface area is 168 Å². The van der Waals surface area contributed by atoms with Gasteiger partial charge in [0.25, 0.3) is 0 Å². The first-order valence-corrected chi connectivity index (χ1v) is 10.1. The fraction of sp³-hybridized carbons (Fsp3) is 0.478. The molecule has 0 spiro atoms. The smallest absolute Gasteiger partial charge is 0.119 e. The van der Waals surface area contributed by atoms with Crippen LogP contribution in [0.5, 0.6) is 5.75 Å². The van der Waals surface area contributed by atoms with Crippen LogP contribution in [0.2, 0.25) is 0 Å². The van der Waals surface area contributed by atoms with Gasteiger partial charge in [-0.3, -0.25) is 4.90 Å². The minimum atomic E-state index is -0.524. The van der Waals surface area contributed by atoms with Crippen molar-refractivity contribution in [2.75, 3.05) is 33.4 Å². The molecule has 2 aromatic carbocycles. The lowest BCUT2D eigenvalue weighted by atomic mass is 10.1. The molecule has 1 heterocycles. The molecule has 0 aromatic heterocycles. The highest BCUT2D eigenvalue weighted by Crippen LogP contribution is 2.14. The van der Waals surface area contributed by atoms with Crippen molar-refractivity contribution >= 4 is 0 Å². The topological polar surface area (TPSA) is 54.0 Å². The normalized spacial score (nSPS) is 16.2. The second-order valence-electron chi connectivity index (χ2n) is 7.56. The molecule has 1 fully saturated rings. The Morgan fingerprint density at radius 1 is 1.07 bits per heavy atom. The summed E-state index contributed by atoms with van der Waals surface area (Å²) in [7, 11) is 2.01. The molecule has 1 atom stereocenters. The van der Waals surface area contributed by atoms with Crippen LogP contribution in [-0.2, 0) is 17.8 Å². The van der Waals surface area contributed by atoms with Gasteiger partial charge in [-0.25, -0.2) is 0 Å². The van der Waals surface area contributed by atoms with Crippen LogP contribution in [0.15, 0.2) is 54.6 Å². The molecule has 1 aliphatic rings. The molecule has 2 aromatic rings. The van der Waals surface area contributed by atoms with Crippen LogP contribution >= 0.6 is 0 Å². The van der Waals surface area contributed by atoms with Crippen LogP contribution in [0.1, 0.15) is 24.0 Å². The highest BCUT2D eigenvalue weighted by atomic mass is 16.5. The maximum absolute atomic E-state index is 10.3. The van der Waals surface area contributed by atoms with Crippen LogP contribution in [-0.4, -0.2) is 55.6 Å². The van der Waals surface area contributed by atoms with E-state index < -0.39 is 6.10 Å². The average molecular weight is 385 g/mol. The number of aliphatic hydroxyl groups excluding tert-OH is 1. The summed E-state index contributed by atoms with van der Waals surface area (Å²) in [5.74, 6) is 0.791. The Balaban J connectivity index is 1.35. The van der Waals surface area contributed by atoms with E-state index >= 15 is 0 Å². The second kappa shape index (κ2) is 11.2. The molecule has 28 heavy (non-hydrogen) atoms. The van der Waals surface area contributed by atoms with E-state index in [1.165, 1.54) is 11.1 Å². The first-order chi connectivity index (χ1) is 13.7. The van der Waals surface area contributed by atoms with E-state index in [1.807, 2.05) is 37.4 Å². The van der Waals surface area contributed by atoms with Gasteiger partial charge in [-0.05, 0) is 43.1 Å². The van der Waals surface area contributed by atoms with Crippen LogP contribution in [0.4, 0.5) is 0 Å². The fourth-order valence-corrected chi connectivity index (χ4v) is 3.43. The average Bonchev–Trinajstić information content (AvgIpc) is 2.73. The van der Waals surface area contributed by atoms with Crippen LogP contribution in [0.25, 0.3) is 0 Å². The van der Waals surface area contributed by atoms with Gasteiger partial charge in [-0.2, -0.15) is 0 Å². The third-order valence-electron chi connectivity index (χ3n) is 5.00. The van der Waals surface area contributed by atoms with Crippen molar-refractivity contribution in [3.63, 3.8) is 0 Å². The molecular formula is C23H32N2O3. The molecule has 2 N–H and O–H groups in total. The van der Waals surface area contributed by atoms with Crippen molar-refractivity contribution in [2.24, 2.45) is 0 Å². The minimum Gasteiger partial charge on any atom is -0.491 e. The van der Waals surface area contributed by atoms with E-state index in [-0.39, 0.29) is 0 Å². The van der Waals surface area contributed by atoms with Crippen molar-refractivity contribution in [1.29, 1.82) is 0 Å². The monoisotopic (exact) mass is 384 g/mol. The summed E-state index contributed by atoms with van der Waals surface area (Å²) in [5.41, 5.74) is 2.48. The molecule has 0 saturated carbocycles. The molecule has 1 saturated heterocycles. The zero-order chi connectivity index (χ0) is 19.6. The number of hydrogen-bond donors (Lipinski definition) is 2. The summed E-state index contributed by atoms with van der Waals surface area (Å²) in [5, 5.41) is 13.8. The highest BCUT2D eigenvalue weighted by molar-refractivity contribution is 5.27. The van der Waals surface area contributed by atoms with E-state index in [2.05, 4.69) is 34.5 Å². The summed E-state index contributed by atoms with van der Waals surface area (Å²) in [4.78, 5) is 2.11. The SMILES string of the molecule is CN(Cc1ccccc1)CC(O)COc1ccc(CNC2CCOCC2)cc1. The third kappa shape index (κ3) is 7.24. The Morgan fingerprint density at radius 2 is 1.79 bits per heavy atom. The van der Waals surface area contributed by atoms with Crippen LogP contribution in [0, 0.1) is 0 Å². The fourth-order valence-electron chi connectivity index (χ4n) is 3.43. The standard InChI is InChI=1S/C23H32N2O3/c1-25(16-20-5-3-2-4-6-20)17-22(26)18-28-23-9-7-19(8-10-23)15-24-21-11-13-27-14-12-21/h2-10,21-22,24,26H,11-18H2,1H3. The van der Waals surface area contributed by atoms with Crippen molar-refractivity contribution in [3.8, 4) is 5.75 Å². The summed E-state index contributed by atoms with van der Waals surface area (Å²) in [6, 6.07) is 18.9. The summed E-state index contributed by atoms with van der Waals surface area (Å²) in [6.07, 6.45) is 1.64. The van der Waals surface area contributed by atoms with Gasteiger partial charge in [-0.1, -0.05) is 42.5 Å². The number of rotatable bonds is 10. The molecule has 0 radical (unpaired) electrons. The molecule has 5 heteroatoms. The Kier molecular flexibility index (Phi) is 8.30. The van der Waals surface area contributed by atoms with E-state index in [4.69, 9.17) is 9.47 Å². The van der Waals surface area contributed by atoms with Gasteiger partial charge in [0.1, 0.15) is 18.5 Å². The van der Waals surface area contributed by atoms with Gasteiger partial charge in [0.15, 0.2) is 0 Å². The van der Waals surface area contributed by atoms with Crippen molar-refractivity contribution in [3.05, 3.63) is 65.7 Å². The number of nitrogens with one attached hydrogen (secondary N) is 1. The van der Waals surface area contributed by atoms with Gasteiger partial charge in [0.2, 0.25) is 0 Å². The molecule has 0 bridgehead atoms. The summed E-state index contributed by atoms with van der Waals surface area (Å²) in [6.45, 7) is 4.24.